The third-order valence-corrected chi connectivity index (χ3v) is 3.65. The van der Waals surface area contributed by atoms with E-state index in [9.17, 15) is 4.79 Å². The number of benzene rings is 3. The lowest BCUT2D eigenvalue weighted by atomic mass is 10.1. The summed E-state index contributed by atoms with van der Waals surface area (Å²) in [5.74, 6) is -0.121. The van der Waals surface area contributed by atoms with E-state index in [0.717, 1.165) is 17.0 Å². The number of carbonyl (C=O) groups is 1. The highest BCUT2D eigenvalue weighted by Crippen LogP contribution is 2.07. The second-order valence-corrected chi connectivity index (χ2v) is 5.45. The third-order valence-electron chi connectivity index (χ3n) is 3.65. The van der Waals surface area contributed by atoms with Gasteiger partial charge in [0, 0.05) is 5.56 Å². The molecule has 0 aliphatic heterocycles. The Morgan fingerprint density at radius 3 is 1.84 bits per heavy atom. The number of nitrogens with one attached hydrogen (secondary N) is 2. The molecule has 2 N–H and O–H groups in total. The van der Waals surface area contributed by atoms with Crippen molar-refractivity contribution in [1.82, 2.24) is 5.32 Å². The number of para-hydroxylation sites is 1. The first kappa shape index (κ1) is 16.5. The Morgan fingerprint density at radius 1 is 0.720 bits per heavy atom. The van der Waals surface area contributed by atoms with Crippen molar-refractivity contribution in [3.8, 4) is 0 Å². The maximum Gasteiger partial charge on any atom is 0.251 e. The summed E-state index contributed by atoms with van der Waals surface area (Å²) in [6.07, 6.45) is 0. The normalized spacial score (nSPS) is 11.0. The molecule has 0 atom stereocenters. The van der Waals surface area contributed by atoms with Crippen molar-refractivity contribution < 1.29 is 4.79 Å². The molecule has 0 unspecified atom stereocenters. The molecule has 0 aliphatic carbocycles. The van der Waals surface area contributed by atoms with Crippen LogP contribution in [0.1, 0.15) is 15.9 Å². The number of anilines is 1. The topological polar surface area (TPSA) is 53.5 Å². The molecule has 1 amide bonds. The average Bonchev–Trinajstić information content (AvgIpc) is 2.70. The molecular weight excluding hydrogens is 310 g/mol. The molecule has 0 radical (unpaired) electrons. The maximum atomic E-state index is 12.3. The number of hydrazone groups is 1. The van der Waals surface area contributed by atoms with Gasteiger partial charge in [-0.05, 0) is 29.8 Å². The zero-order valence-corrected chi connectivity index (χ0v) is 13.7. The Kier molecular flexibility index (Phi) is 5.56. The van der Waals surface area contributed by atoms with Crippen molar-refractivity contribution in [2.75, 3.05) is 12.0 Å². The smallest absolute Gasteiger partial charge is 0.251 e. The quantitative estimate of drug-likeness (QED) is 0.532. The Balaban J connectivity index is 1.74. The molecule has 0 saturated carbocycles. The Labute approximate surface area is 147 Å². The van der Waals surface area contributed by atoms with Crippen LogP contribution < -0.4 is 10.7 Å². The second kappa shape index (κ2) is 8.45. The highest BCUT2D eigenvalue weighted by Gasteiger charge is 2.08. The molecule has 0 saturated heterocycles. The predicted octanol–water partition coefficient (Wildman–Crippen LogP) is 3.93. The maximum absolute atomic E-state index is 12.3. The minimum atomic E-state index is -0.121. The van der Waals surface area contributed by atoms with Crippen LogP contribution in [0.5, 0.6) is 0 Å². The predicted molar refractivity (Wildman–Crippen MR) is 102 cm³/mol. The van der Waals surface area contributed by atoms with Crippen LogP contribution in [0, 0.1) is 0 Å². The lowest BCUT2D eigenvalue weighted by molar-refractivity contribution is 0.0959. The van der Waals surface area contributed by atoms with Crippen molar-refractivity contribution in [2.45, 2.75) is 0 Å². The number of rotatable bonds is 6. The molecule has 4 heteroatoms. The van der Waals surface area contributed by atoms with E-state index >= 15 is 0 Å². The van der Waals surface area contributed by atoms with Gasteiger partial charge < -0.3 is 5.32 Å². The van der Waals surface area contributed by atoms with Crippen LogP contribution in [0.25, 0.3) is 0 Å². The van der Waals surface area contributed by atoms with E-state index in [-0.39, 0.29) is 5.91 Å². The fourth-order valence-electron chi connectivity index (χ4n) is 2.34. The van der Waals surface area contributed by atoms with Crippen molar-refractivity contribution in [3.63, 3.8) is 0 Å². The van der Waals surface area contributed by atoms with E-state index in [4.69, 9.17) is 0 Å². The van der Waals surface area contributed by atoms with Crippen LogP contribution in [0.3, 0.4) is 0 Å². The molecule has 4 nitrogen and oxygen atoms in total. The molecule has 0 spiro atoms. The summed E-state index contributed by atoms with van der Waals surface area (Å²) >= 11 is 0. The zero-order valence-electron chi connectivity index (χ0n) is 13.7. The summed E-state index contributed by atoms with van der Waals surface area (Å²) in [5, 5.41) is 7.41. The Morgan fingerprint density at radius 2 is 1.24 bits per heavy atom. The van der Waals surface area contributed by atoms with E-state index in [2.05, 4.69) is 15.8 Å². The van der Waals surface area contributed by atoms with Gasteiger partial charge in [-0.15, -0.1) is 0 Å². The number of carbonyl (C=O) groups excluding carboxylic acids is 1. The lowest BCUT2D eigenvalue weighted by Crippen LogP contribution is -2.30. The summed E-state index contributed by atoms with van der Waals surface area (Å²) in [7, 11) is 0. The van der Waals surface area contributed by atoms with Crippen molar-refractivity contribution in [3.05, 3.63) is 102 Å². The minimum Gasteiger partial charge on any atom is -0.346 e. The highest BCUT2D eigenvalue weighted by atomic mass is 16.1. The molecule has 0 heterocycles. The van der Waals surface area contributed by atoms with Crippen LogP contribution in [-0.4, -0.2) is 18.2 Å². The SMILES string of the molecule is O=C(NC/C(=N\Nc1ccccc1)c1ccccc1)c1ccccc1. The van der Waals surface area contributed by atoms with Gasteiger partial charge in [-0.25, -0.2) is 0 Å². The molecule has 3 aromatic rings. The van der Waals surface area contributed by atoms with Gasteiger partial charge in [0.25, 0.3) is 5.91 Å². The fraction of sp³-hybridized carbons (Fsp3) is 0.0476. The van der Waals surface area contributed by atoms with Gasteiger partial charge in [0.15, 0.2) is 0 Å². The molecular formula is C21H19N3O. The summed E-state index contributed by atoms with van der Waals surface area (Å²) < 4.78 is 0. The molecule has 0 aromatic heterocycles. The summed E-state index contributed by atoms with van der Waals surface area (Å²) in [6.45, 7) is 0.331. The third kappa shape index (κ3) is 4.78. The van der Waals surface area contributed by atoms with Crippen LogP contribution >= 0.6 is 0 Å². The summed E-state index contributed by atoms with van der Waals surface area (Å²) in [6, 6.07) is 28.7. The zero-order chi connectivity index (χ0) is 17.3. The van der Waals surface area contributed by atoms with Crippen molar-refractivity contribution in [2.24, 2.45) is 5.10 Å². The Bertz CT molecular complexity index is 831. The minimum absolute atomic E-state index is 0.121. The average molecular weight is 329 g/mol. The van der Waals surface area contributed by atoms with Crippen LogP contribution in [0.15, 0.2) is 96.1 Å². The highest BCUT2D eigenvalue weighted by molar-refractivity contribution is 6.05. The van der Waals surface area contributed by atoms with Gasteiger partial charge in [-0.1, -0.05) is 66.7 Å². The molecule has 0 fully saturated rings. The van der Waals surface area contributed by atoms with E-state index in [1.165, 1.54) is 0 Å². The van der Waals surface area contributed by atoms with E-state index in [1.54, 1.807) is 12.1 Å². The number of hydrogen-bond acceptors (Lipinski definition) is 3. The molecule has 124 valence electrons. The largest absolute Gasteiger partial charge is 0.346 e. The van der Waals surface area contributed by atoms with Gasteiger partial charge in [0.2, 0.25) is 0 Å². The second-order valence-electron chi connectivity index (χ2n) is 5.45. The van der Waals surface area contributed by atoms with Crippen LogP contribution in [-0.2, 0) is 0 Å². The van der Waals surface area contributed by atoms with Gasteiger partial charge in [0.1, 0.15) is 0 Å². The number of hydrogen-bond donors (Lipinski definition) is 2. The van der Waals surface area contributed by atoms with Crippen molar-refractivity contribution >= 4 is 17.3 Å². The lowest BCUT2D eigenvalue weighted by Gasteiger charge is -2.10. The van der Waals surface area contributed by atoms with Gasteiger partial charge in [-0.2, -0.15) is 5.10 Å². The molecule has 3 aromatic carbocycles. The van der Waals surface area contributed by atoms with Crippen molar-refractivity contribution in [1.29, 1.82) is 0 Å². The molecule has 25 heavy (non-hydrogen) atoms. The fourth-order valence-corrected chi connectivity index (χ4v) is 2.34. The van der Waals surface area contributed by atoms with E-state index in [0.29, 0.717) is 12.1 Å². The van der Waals surface area contributed by atoms with Gasteiger partial charge in [-0.3, -0.25) is 10.2 Å². The van der Waals surface area contributed by atoms with Gasteiger partial charge >= 0.3 is 0 Å². The Hall–Kier alpha value is -3.40. The molecule has 0 aliphatic rings. The number of nitrogens with zero attached hydrogens (tertiary/aromatic N) is 1. The molecule has 3 rings (SSSR count). The van der Waals surface area contributed by atoms with E-state index < -0.39 is 0 Å². The monoisotopic (exact) mass is 329 g/mol. The number of amides is 1. The standard InChI is InChI=1S/C21H19N3O/c25-21(18-12-6-2-7-13-18)22-16-20(17-10-4-1-5-11-17)24-23-19-14-8-3-9-15-19/h1-15,23H,16H2,(H,22,25)/b24-20+. The first-order chi connectivity index (χ1) is 12.3. The molecule has 0 bridgehead atoms. The summed E-state index contributed by atoms with van der Waals surface area (Å²) in [4.78, 5) is 12.3. The van der Waals surface area contributed by atoms with E-state index in [1.807, 2.05) is 78.9 Å². The summed E-state index contributed by atoms with van der Waals surface area (Å²) in [5.41, 5.74) is 6.28. The van der Waals surface area contributed by atoms with Gasteiger partial charge in [0.05, 0.1) is 17.9 Å². The van der Waals surface area contributed by atoms with Crippen LogP contribution in [0.2, 0.25) is 0 Å². The first-order valence-corrected chi connectivity index (χ1v) is 8.09. The van der Waals surface area contributed by atoms with Crippen LogP contribution in [0.4, 0.5) is 5.69 Å². The first-order valence-electron chi connectivity index (χ1n) is 8.09.